The fourth-order valence-electron chi connectivity index (χ4n) is 2.71. The van der Waals surface area contributed by atoms with Gasteiger partial charge < -0.3 is 4.90 Å². The summed E-state index contributed by atoms with van der Waals surface area (Å²) in [6, 6.07) is 14.4. The fraction of sp³-hybridized carbons (Fsp3) is 0.389. The van der Waals surface area contributed by atoms with Gasteiger partial charge in [-0.15, -0.1) is 0 Å². The minimum absolute atomic E-state index is 0.0823. The lowest BCUT2D eigenvalue weighted by atomic mass is 10.0. The maximum Gasteiger partial charge on any atom is 0.229 e. The average molecular weight is 269 g/mol. The predicted molar refractivity (Wildman–Crippen MR) is 86.0 cm³/mol. The van der Waals surface area contributed by atoms with Crippen molar-refractivity contribution in [1.82, 2.24) is 0 Å². The summed E-state index contributed by atoms with van der Waals surface area (Å²) < 4.78 is 0. The Morgan fingerprint density at radius 2 is 1.80 bits per heavy atom. The highest BCUT2D eigenvalue weighted by atomic mass is 16.2. The van der Waals surface area contributed by atoms with Crippen LogP contribution in [0.4, 0.5) is 5.69 Å². The van der Waals surface area contributed by atoms with Crippen LogP contribution in [0.2, 0.25) is 0 Å². The van der Waals surface area contributed by atoms with E-state index in [4.69, 9.17) is 0 Å². The molecule has 0 saturated carbocycles. The van der Waals surface area contributed by atoms with Crippen molar-refractivity contribution < 1.29 is 4.79 Å². The van der Waals surface area contributed by atoms with Gasteiger partial charge in [0.05, 0.1) is 5.69 Å². The van der Waals surface area contributed by atoms with Crippen LogP contribution in [0, 0.1) is 5.92 Å². The lowest BCUT2D eigenvalue weighted by Gasteiger charge is -2.25. The van der Waals surface area contributed by atoms with Gasteiger partial charge in [0.15, 0.2) is 0 Å². The molecular weight excluding hydrogens is 246 g/mol. The van der Waals surface area contributed by atoms with Crippen molar-refractivity contribution in [1.29, 1.82) is 0 Å². The molecule has 1 unspecified atom stereocenters. The molecule has 2 nitrogen and oxygen atoms in total. The Morgan fingerprint density at radius 1 is 1.10 bits per heavy atom. The van der Waals surface area contributed by atoms with E-state index in [9.17, 15) is 4.79 Å². The number of amides is 1. The van der Waals surface area contributed by atoms with Gasteiger partial charge in [0.1, 0.15) is 0 Å². The highest BCUT2D eigenvalue weighted by Crippen LogP contribution is 2.28. The molecule has 1 atom stereocenters. The molecule has 106 valence electrons. The first-order valence-electron chi connectivity index (χ1n) is 7.48. The fourth-order valence-corrected chi connectivity index (χ4v) is 2.71. The second kappa shape index (κ2) is 6.56. The van der Waals surface area contributed by atoms with Crippen LogP contribution in [-0.4, -0.2) is 12.5 Å². The first-order valence-corrected chi connectivity index (χ1v) is 7.48. The number of anilines is 1. The number of hydrogen-bond acceptors (Lipinski definition) is 1. The van der Waals surface area contributed by atoms with E-state index in [-0.39, 0.29) is 11.8 Å². The third-order valence-electron chi connectivity index (χ3n) is 3.78. The molecule has 0 aliphatic rings. The lowest BCUT2D eigenvalue weighted by molar-refractivity contribution is -0.122. The van der Waals surface area contributed by atoms with Gasteiger partial charge >= 0.3 is 0 Å². The summed E-state index contributed by atoms with van der Waals surface area (Å²) in [7, 11) is 0. The summed E-state index contributed by atoms with van der Waals surface area (Å²) in [5, 5.41) is 2.33. The minimum atomic E-state index is 0.0823. The van der Waals surface area contributed by atoms with E-state index in [1.54, 1.807) is 0 Å². The normalized spacial score (nSPS) is 12.3. The van der Waals surface area contributed by atoms with Crippen LogP contribution in [0.15, 0.2) is 42.5 Å². The molecule has 2 heteroatoms. The molecular formula is C18H23NO. The van der Waals surface area contributed by atoms with Gasteiger partial charge in [-0.2, -0.15) is 0 Å². The van der Waals surface area contributed by atoms with Crippen molar-refractivity contribution in [3.63, 3.8) is 0 Å². The van der Waals surface area contributed by atoms with Gasteiger partial charge in [-0.05, 0) is 24.8 Å². The Morgan fingerprint density at radius 3 is 2.50 bits per heavy atom. The first kappa shape index (κ1) is 14.6. The van der Waals surface area contributed by atoms with Crippen LogP contribution < -0.4 is 4.90 Å². The van der Waals surface area contributed by atoms with Gasteiger partial charge in [-0.1, -0.05) is 56.7 Å². The first-order chi connectivity index (χ1) is 9.69. The molecule has 0 radical (unpaired) electrons. The Balaban J connectivity index is 2.42. The quantitative estimate of drug-likeness (QED) is 0.775. The van der Waals surface area contributed by atoms with Crippen LogP contribution >= 0.6 is 0 Å². The molecule has 0 N–H and O–H groups in total. The van der Waals surface area contributed by atoms with Crippen molar-refractivity contribution >= 4 is 22.4 Å². The van der Waals surface area contributed by atoms with E-state index < -0.39 is 0 Å². The SMILES string of the molecule is CCCC(C)C(=O)N(CC)c1cccc2ccccc12. The molecule has 1 amide bonds. The zero-order valence-corrected chi connectivity index (χ0v) is 12.6. The zero-order chi connectivity index (χ0) is 14.5. The number of carbonyl (C=O) groups excluding carboxylic acids is 1. The highest BCUT2D eigenvalue weighted by molar-refractivity contribution is 6.04. The number of carbonyl (C=O) groups is 1. The standard InChI is InChI=1S/C18H23NO/c1-4-9-14(3)18(20)19(5-2)17-13-8-11-15-10-6-7-12-16(15)17/h6-8,10-14H,4-5,9H2,1-3H3. The summed E-state index contributed by atoms with van der Waals surface area (Å²) in [5.41, 5.74) is 1.03. The maximum absolute atomic E-state index is 12.6. The summed E-state index contributed by atoms with van der Waals surface area (Å²) in [6.45, 7) is 6.90. The van der Waals surface area contributed by atoms with Crippen LogP contribution in [0.5, 0.6) is 0 Å². The number of nitrogens with zero attached hydrogens (tertiary/aromatic N) is 1. The van der Waals surface area contributed by atoms with Gasteiger partial charge in [0.25, 0.3) is 0 Å². The van der Waals surface area contributed by atoms with Crippen molar-refractivity contribution in [2.75, 3.05) is 11.4 Å². The average Bonchev–Trinajstić information content (AvgIpc) is 2.48. The Labute approximate surface area is 121 Å². The summed E-state index contributed by atoms with van der Waals surface area (Å²) >= 11 is 0. The largest absolute Gasteiger partial charge is 0.312 e. The van der Waals surface area contributed by atoms with E-state index >= 15 is 0 Å². The van der Waals surface area contributed by atoms with Crippen LogP contribution in [0.1, 0.15) is 33.6 Å². The number of benzene rings is 2. The lowest BCUT2D eigenvalue weighted by Crippen LogP contribution is -2.35. The van der Waals surface area contributed by atoms with Crippen LogP contribution in [0.25, 0.3) is 10.8 Å². The molecule has 0 heterocycles. The molecule has 2 rings (SSSR count). The summed E-state index contributed by atoms with van der Waals surface area (Å²) in [5.74, 6) is 0.310. The van der Waals surface area contributed by atoms with Gasteiger partial charge in [-0.25, -0.2) is 0 Å². The maximum atomic E-state index is 12.6. The molecule has 2 aromatic carbocycles. The molecule has 2 aromatic rings. The van der Waals surface area contributed by atoms with Gasteiger partial charge in [0, 0.05) is 17.8 Å². The molecule has 0 spiro atoms. The third kappa shape index (κ3) is 2.84. The number of hydrogen-bond donors (Lipinski definition) is 0. The molecule has 0 saturated heterocycles. The minimum Gasteiger partial charge on any atom is -0.312 e. The number of rotatable bonds is 5. The molecule has 0 bridgehead atoms. The molecule has 0 aromatic heterocycles. The second-order valence-electron chi connectivity index (χ2n) is 5.27. The molecule has 0 aliphatic carbocycles. The van der Waals surface area contributed by atoms with E-state index in [2.05, 4.69) is 25.1 Å². The molecule has 0 aliphatic heterocycles. The topological polar surface area (TPSA) is 20.3 Å². The van der Waals surface area contributed by atoms with E-state index in [0.717, 1.165) is 23.9 Å². The van der Waals surface area contributed by atoms with Crippen molar-refractivity contribution in [3.05, 3.63) is 42.5 Å². The summed E-state index contributed by atoms with van der Waals surface area (Å²) in [4.78, 5) is 14.6. The van der Waals surface area contributed by atoms with Crippen LogP contribution in [-0.2, 0) is 4.79 Å². The second-order valence-corrected chi connectivity index (χ2v) is 5.27. The van der Waals surface area contributed by atoms with E-state index in [1.807, 2.05) is 43.0 Å². The van der Waals surface area contributed by atoms with Crippen molar-refractivity contribution in [2.24, 2.45) is 5.92 Å². The van der Waals surface area contributed by atoms with Gasteiger partial charge in [-0.3, -0.25) is 4.79 Å². The zero-order valence-electron chi connectivity index (χ0n) is 12.6. The Hall–Kier alpha value is -1.83. The molecule has 20 heavy (non-hydrogen) atoms. The molecule has 0 fully saturated rings. The highest BCUT2D eigenvalue weighted by Gasteiger charge is 2.21. The van der Waals surface area contributed by atoms with E-state index in [1.165, 1.54) is 5.39 Å². The Bertz CT molecular complexity index is 585. The monoisotopic (exact) mass is 269 g/mol. The van der Waals surface area contributed by atoms with Crippen LogP contribution in [0.3, 0.4) is 0 Å². The van der Waals surface area contributed by atoms with Gasteiger partial charge in [0.2, 0.25) is 5.91 Å². The summed E-state index contributed by atoms with van der Waals surface area (Å²) in [6.07, 6.45) is 1.99. The third-order valence-corrected chi connectivity index (χ3v) is 3.78. The predicted octanol–water partition coefficient (Wildman–Crippen LogP) is 4.63. The number of fused-ring (bicyclic) bond motifs is 1. The smallest absolute Gasteiger partial charge is 0.229 e. The van der Waals surface area contributed by atoms with E-state index in [0.29, 0.717) is 6.54 Å². The Kier molecular flexibility index (Phi) is 4.78. The van der Waals surface area contributed by atoms with Crippen molar-refractivity contribution in [3.8, 4) is 0 Å². The van der Waals surface area contributed by atoms with Crippen molar-refractivity contribution in [2.45, 2.75) is 33.6 Å².